The van der Waals surface area contributed by atoms with Crippen molar-refractivity contribution in [3.05, 3.63) is 0 Å². The summed E-state index contributed by atoms with van der Waals surface area (Å²) in [6.07, 6.45) is 6.20. The fourth-order valence-electron chi connectivity index (χ4n) is 1.40. The normalized spacial score (nSPS) is 13.2. The van der Waals surface area contributed by atoms with E-state index in [1.165, 1.54) is 6.92 Å². The standard InChI is InChI=1S/C10H22O4S.Na/c1-10(15(12,13)14)8-6-4-2-3-5-7-9-11;/h10-11H,2-9H2,1H3,(H,12,13,14);/q;+1/p-1. The molecule has 0 bridgehead atoms. The van der Waals surface area contributed by atoms with Crippen LogP contribution in [0.5, 0.6) is 0 Å². The van der Waals surface area contributed by atoms with E-state index in [0.29, 0.717) is 6.42 Å². The quantitative estimate of drug-likeness (QED) is 0.316. The minimum absolute atomic E-state index is 0. The number of unbranched alkanes of at least 4 members (excludes halogenated alkanes) is 5. The van der Waals surface area contributed by atoms with Crippen LogP contribution in [0.25, 0.3) is 0 Å². The second kappa shape index (κ2) is 11.0. The predicted octanol–water partition coefficient (Wildman–Crippen LogP) is -1.35. The SMILES string of the molecule is CC(CCCCCCCCO)S(=O)(=O)[O-].[Na+]. The first-order valence-corrected chi connectivity index (χ1v) is 7.01. The van der Waals surface area contributed by atoms with Crippen LogP contribution < -0.4 is 29.6 Å². The van der Waals surface area contributed by atoms with Gasteiger partial charge in [-0.3, -0.25) is 0 Å². The van der Waals surface area contributed by atoms with E-state index in [9.17, 15) is 13.0 Å². The van der Waals surface area contributed by atoms with Gasteiger partial charge in [-0.25, -0.2) is 8.42 Å². The molecule has 1 N–H and O–H groups in total. The Hall–Kier alpha value is 0.870. The molecule has 0 spiro atoms. The molecule has 0 heterocycles. The summed E-state index contributed by atoms with van der Waals surface area (Å²) < 4.78 is 31.7. The van der Waals surface area contributed by atoms with Crippen molar-refractivity contribution in [1.29, 1.82) is 0 Å². The molecule has 6 heteroatoms. The van der Waals surface area contributed by atoms with Gasteiger partial charge in [-0.15, -0.1) is 0 Å². The molecular weight excluding hydrogens is 239 g/mol. The van der Waals surface area contributed by atoms with Gasteiger partial charge in [-0.1, -0.05) is 32.1 Å². The molecule has 0 aliphatic heterocycles. The Bertz CT molecular complexity index is 241. The van der Waals surface area contributed by atoms with Crippen LogP contribution in [0.2, 0.25) is 0 Å². The second-order valence-electron chi connectivity index (χ2n) is 3.94. The van der Waals surface area contributed by atoms with E-state index >= 15 is 0 Å². The molecule has 1 atom stereocenters. The summed E-state index contributed by atoms with van der Waals surface area (Å²) in [5.41, 5.74) is 0. The van der Waals surface area contributed by atoms with Gasteiger partial charge in [0.25, 0.3) is 0 Å². The Balaban J connectivity index is 0. The van der Waals surface area contributed by atoms with Gasteiger partial charge in [0.2, 0.25) is 0 Å². The van der Waals surface area contributed by atoms with Crippen molar-refractivity contribution in [2.75, 3.05) is 6.61 Å². The second-order valence-corrected chi connectivity index (χ2v) is 5.73. The Morgan fingerprint density at radius 3 is 1.94 bits per heavy atom. The van der Waals surface area contributed by atoms with Crippen molar-refractivity contribution in [3.8, 4) is 0 Å². The van der Waals surface area contributed by atoms with Crippen molar-refractivity contribution >= 4 is 10.1 Å². The summed E-state index contributed by atoms with van der Waals surface area (Å²) in [4.78, 5) is 0. The van der Waals surface area contributed by atoms with E-state index in [2.05, 4.69) is 0 Å². The molecule has 0 aromatic rings. The van der Waals surface area contributed by atoms with Crippen LogP contribution in [0.15, 0.2) is 0 Å². The number of hydrogen-bond donors (Lipinski definition) is 1. The van der Waals surface area contributed by atoms with Gasteiger partial charge in [0.15, 0.2) is 0 Å². The van der Waals surface area contributed by atoms with E-state index < -0.39 is 15.4 Å². The van der Waals surface area contributed by atoms with Crippen LogP contribution in [0, 0.1) is 0 Å². The molecule has 0 aliphatic rings. The van der Waals surface area contributed by atoms with Crippen LogP contribution >= 0.6 is 0 Å². The monoisotopic (exact) mass is 260 g/mol. The predicted molar refractivity (Wildman–Crippen MR) is 58.6 cm³/mol. The molecule has 0 aromatic carbocycles. The first kappa shape index (κ1) is 19.2. The first-order chi connectivity index (χ1) is 6.98. The van der Waals surface area contributed by atoms with Crippen molar-refractivity contribution in [1.82, 2.24) is 0 Å². The van der Waals surface area contributed by atoms with Gasteiger partial charge in [0.1, 0.15) is 0 Å². The van der Waals surface area contributed by atoms with Gasteiger partial charge in [0.05, 0.1) is 10.1 Å². The minimum atomic E-state index is -4.09. The van der Waals surface area contributed by atoms with Gasteiger partial charge in [-0.2, -0.15) is 0 Å². The van der Waals surface area contributed by atoms with Crippen molar-refractivity contribution < 1.29 is 47.6 Å². The molecule has 0 fully saturated rings. The van der Waals surface area contributed by atoms with Gasteiger partial charge < -0.3 is 9.66 Å². The molecule has 0 rings (SSSR count). The summed E-state index contributed by atoms with van der Waals surface area (Å²) in [5, 5.41) is 7.78. The van der Waals surface area contributed by atoms with Crippen LogP contribution in [0.1, 0.15) is 51.9 Å². The third-order valence-electron chi connectivity index (χ3n) is 2.51. The molecule has 92 valence electrons. The Kier molecular flexibility index (Phi) is 13.2. The molecule has 16 heavy (non-hydrogen) atoms. The van der Waals surface area contributed by atoms with Gasteiger partial charge >= 0.3 is 29.6 Å². The molecule has 1 unspecified atom stereocenters. The van der Waals surface area contributed by atoms with Crippen LogP contribution in [-0.4, -0.2) is 29.9 Å². The van der Waals surface area contributed by atoms with E-state index in [4.69, 9.17) is 5.11 Å². The average molecular weight is 260 g/mol. The summed E-state index contributed by atoms with van der Waals surface area (Å²) >= 11 is 0. The van der Waals surface area contributed by atoms with Gasteiger partial charge in [-0.05, 0) is 19.8 Å². The maximum Gasteiger partial charge on any atom is 1.00 e. The summed E-state index contributed by atoms with van der Waals surface area (Å²) in [5.74, 6) is 0. The number of aliphatic hydroxyl groups excluding tert-OH is 1. The zero-order valence-corrected chi connectivity index (χ0v) is 13.1. The zero-order chi connectivity index (χ0) is 11.7. The van der Waals surface area contributed by atoms with E-state index in [1.807, 2.05) is 0 Å². The number of rotatable bonds is 9. The molecule has 0 aromatic heterocycles. The zero-order valence-electron chi connectivity index (χ0n) is 10.3. The van der Waals surface area contributed by atoms with E-state index in [0.717, 1.165) is 38.5 Å². The maximum atomic E-state index is 10.6. The average Bonchev–Trinajstić information content (AvgIpc) is 2.14. The summed E-state index contributed by atoms with van der Waals surface area (Å²) in [6.45, 7) is 1.71. The van der Waals surface area contributed by atoms with Crippen LogP contribution in [0.4, 0.5) is 0 Å². The summed E-state index contributed by atoms with van der Waals surface area (Å²) in [7, 11) is -4.09. The fourth-order valence-corrected chi connectivity index (χ4v) is 1.85. The minimum Gasteiger partial charge on any atom is -0.748 e. The molecule has 0 saturated heterocycles. The Labute approximate surface area is 121 Å². The Morgan fingerprint density at radius 2 is 1.50 bits per heavy atom. The third kappa shape index (κ3) is 11.4. The third-order valence-corrected chi connectivity index (χ3v) is 3.73. The van der Waals surface area contributed by atoms with Crippen LogP contribution in [0.3, 0.4) is 0 Å². The molecule has 0 radical (unpaired) electrons. The Morgan fingerprint density at radius 1 is 1.06 bits per heavy atom. The molecular formula is C10H21NaO4S. The molecule has 0 amide bonds. The van der Waals surface area contributed by atoms with E-state index in [1.54, 1.807) is 0 Å². The topological polar surface area (TPSA) is 77.4 Å². The van der Waals surface area contributed by atoms with Crippen LogP contribution in [-0.2, 0) is 10.1 Å². The number of aliphatic hydroxyl groups is 1. The smallest absolute Gasteiger partial charge is 0.748 e. The van der Waals surface area contributed by atoms with Crippen molar-refractivity contribution in [3.63, 3.8) is 0 Å². The van der Waals surface area contributed by atoms with Gasteiger partial charge in [0, 0.05) is 11.9 Å². The van der Waals surface area contributed by atoms with E-state index in [-0.39, 0.29) is 36.2 Å². The largest absolute Gasteiger partial charge is 1.00 e. The summed E-state index contributed by atoms with van der Waals surface area (Å²) in [6, 6.07) is 0. The first-order valence-electron chi connectivity index (χ1n) is 5.54. The molecule has 0 saturated carbocycles. The molecule has 4 nitrogen and oxygen atoms in total. The molecule has 0 aliphatic carbocycles. The number of hydrogen-bond acceptors (Lipinski definition) is 4. The fraction of sp³-hybridized carbons (Fsp3) is 1.00. The van der Waals surface area contributed by atoms with Crippen molar-refractivity contribution in [2.45, 2.75) is 57.1 Å². The maximum absolute atomic E-state index is 10.6. The van der Waals surface area contributed by atoms with Crippen molar-refractivity contribution in [2.24, 2.45) is 0 Å².